The molecule has 1 aliphatic carbocycles. The molecule has 5 heteroatoms. The van der Waals surface area contributed by atoms with E-state index in [0.29, 0.717) is 5.82 Å². The summed E-state index contributed by atoms with van der Waals surface area (Å²) in [5.41, 5.74) is 9.18. The van der Waals surface area contributed by atoms with Crippen LogP contribution in [0, 0.1) is 5.92 Å². The van der Waals surface area contributed by atoms with Crippen molar-refractivity contribution in [2.75, 3.05) is 5.73 Å². The number of para-hydroxylation sites is 1. The van der Waals surface area contributed by atoms with Crippen molar-refractivity contribution < 1.29 is 4.79 Å². The summed E-state index contributed by atoms with van der Waals surface area (Å²) in [6.45, 7) is 0. The van der Waals surface area contributed by atoms with Crippen LogP contribution in [0.3, 0.4) is 0 Å². The van der Waals surface area contributed by atoms with Crippen molar-refractivity contribution in [1.82, 2.24) is 9.78 Å². The van der Waals surface area contributed by atoms with E-state index in [9.17, 15) is 4.79 Å². The minimum Gasteiger partial charge on any atom is -0.382 e. The fraction of sp³-hybridized carbons (Fsp3) is 0.176. The highest BCUT2D eigenvalue weighted by molar-refractivity contribution is 9.10. The van der Waals surface area contributed by atoms with Crippen LogP contribution in [0.4, 0.5) is 5.82 Å². The number of carbonyl (C=O) groups is 1. The van der Waals surface area contributed by atoms with Crippen LogP contribution in [0.25, 0.3) is 10.9 Å². The molecule has 4 rings (SSSR count). The summed E-state index contributed by atoms with van der Waals surface area (Å²) >= 11 is 3.48. The first kappa shape index (κ1) is 13.5. The second-order valence-electron chi connectivity index (χ2n) is 5.67. The molecule has 0 fully saturated rings. The topological polar surface area (TPSA) is 60.9 Å². The zero-order valence-corrected chi connectivity index (χ0v) is 13.4. The molecule has 0 amide bonds. The maximum absolute atomic E-state index is 12.9. The molecule has 0 saturated carbocycles. The maximum Gasteiger partial charge on any atom is 0.251 e. The molecule has 0 radical (unpaired) electrons. The van der Waals surface area contributed by atoms with E-state index in [4.69, 9.17) is 5.73 Å². The van der Waals surface area contributed by atoms with E-state index in [-0.39, 0.29) is 11.8 Å². The van der Waals surface area contributed by atoms with Gasteiger partial charge in [0.2, 0.25) is 0 Å². The van der Waals surface area contributed by atoms with Crippen molar-refractivity contribution in [3.05, 3.63) is 58.1 Å². The molecule has 1 aliphatic rings. The molecule has 1 aromatic heterocycles. The van der Waals surface area contributed by atoms with Crippen LogP contribution in [0.2, 0.25) is 0 Å². The molecule has 1 atom stereocenters. The molecular weight excluding hydrogens is 342 g/mol. The third-order valence-electron chi connectivity index (χ3n) is 4.27. The predicted octanol–water partition coefficient (Wildman–Crippen LogP) is 3.44. The highest BCUT2D eigenvalue weighted by Crippen LogP contribution is 2.31. The normalized spacial score (nSPS) is 16.9. The van der Waals surface area contributed by atoms with Gasteiger partial charge in [0, 0.05) is 15.8 Å². The molecular formula is C17H14BrN3O. The molecule has 110 valence electrons. The van der Waals surface area contributed by atoms with Gasteiger partial charge in [0.15, 0.2) is 5.82 Å². The average Bonchev–Trinajstić information content (AvgIpc) is 3.08. The van der Waals surface area contributed by atoms with Crippen molar-refractivity contribution >= 4 is 38.6 Å². The molecule has 3 aromatic rings. The number of aromatic nitrogens is 2. The van der Waals surface area contributed by atoms with Gasteiger partial charge in [-0.2, -0.15) is 4.68 Å². The lowest BCUT2D eigenvalue weighted by Crippen LogP contribution is -2.23. The van der Waals surface area contributed by atoms with E-state index in [0.717, 1.165) is 28.2 Å². The Morgan fingerprint density at radius 3 is 2.82 bits per heavy atom. The Balaban J connectivity index is 1.71. The van der Waals surface area contributed by atoms with Crippen LogP contribution in [0.1, 0.15) is 15.9 Å². The van der Waals surface area contributed by atoms with Crippen molar-refractivity contribution in [3.8, 4) is 0 Å². The van der Waals surface area contributed by atoms with Crippen LogP contribution < -0.4 is 5.73 Å². The molecule has 22 heavy (non-hydrogen) atoms. The van der Waals surface area contributed by atoms with Gasteiger partial charge in [-0.05, 0) is 48.2 Å². The summed E-state index contributed by atoms with van der Waals surface area (Å²) in [5, 5.41) is 5.08. The van der Waals surface area contributed by atoms with E-state index >= 15 is 0 Å². The lowest BCUT2D eigenvalue weighted by Gasteiger charge is -2.08. The van der Waals surface area contributed by atoms with E-state index in [2.05, 4.69) is 33.2 Å². The van der Waals surface area contributed by atoms with Crippen molar-refractivity contribution in [2.24, 2.45) is 5.92 Å². The number of halogens is 1. The zero-order chi connectivity index (χ0) is 15.3. The summed E-state index contributed by atoms with van der Waals surface area (Å²) < 4.78 is 2.52. The van der Waals surface area contributed by atoms with Crippen LogP contribution in [0.5, 0.6) is 0 Å². The second kappa shape index (κ2) is 4.95. The molecule has 1 heterocycles. The number of rotatable bonds is 1. The first-order valence-electron chi connectivity index (χ1n) is 7.18. The summed E-state index contributed by atoms with van der Waals surface area (Å²) in [6.07, 6.45) is 1.51. The van der Waals surface area contributed by atoms with Gasteiger partial charge in [-0.25, -0.2) is 0 Å². The SMILES string of the molecule is Nc1nn(C(=O)C2Cc3ccc(Br)cc3C2)c2ccccc12. The van der Waals surface area contributed by atoms with Gasteiger partial charge in [0.1, 0.15) is 0 Å². The number of carbonyl (C=O) groups excluding carboxylic acids is 1. The molecule has 0 saturated heterocycles. The van der Waals surface area contributed by atoms with Gasteiger partial charge >= 0.3 is 0 Å². The first-order valence-corrected chi connectivity index (χ1v) is 7.97. The molecule has 0 spiro atoms. The molecule has 1 unspecified atom stereocenters. The summed E-state index contributed by atoms with van der Waals surface area (Å²) in [7, 11) is 0. The minimum absolute atomic E-state index is 0.0141. The Labute approximate surface area is 136 Å². The Kier molecular flexibility index (Phi) is 3.04. The minimum atomic E-state index is -0.0768. The highest BCUT2D eigenvalue weighted by atomic mass is 79.9. The monoisotopic (exact) mass is 355 g/mol. The number of nitrogen functional groups attached to an aromatic ring is 1. The van der Waals surface area contributed by atoms with E-state index in [1.807, 2.05) is 30.3 Å². The standard InChI is InChI=1S/C17H14BrN3O/c18-13-6-5-10-7-12(8-11(10)9-13)17(22)21-15-4-2-1-3-14(15)16(19)20-21/h1-6,9,12H,7-8H2,(H2,19,20). The lowest BCUT2D eigenvalue weighted by atomic mass is 10.1. The third-order valence-corrected chi connectivity index (χ3v) is 4.77. The molecule has 0 bridgehead atoms. The van der Waals surface area contributed by atoms with Crippen LogP contribution in [-0.2, 0) is 12.8 Å². The van der Waals surface area contributed by atoms with Crippen molar-refractivity contribution in [3.63, 3.8) is 0 Å². The molecule has 4 nitrogen and oxygen atoms in total. The summed E-state index contributed by atoms with van der Waals surface area (Å²) in [4.78, 5) is 12.9. The Hall–Kier alpha value is -2.14. The van der Waals surface area contributed by atoms with Gasteiger partial charge in [0.25, 0.3) is 5.91 Å². The number of anilines is 1. The second-order valence-corrected chi connectivity index (χ2v) is 6.59. The molecule has 2 aromatic carbocycles. The fourth-order valence-electron chi connectivity index (χ4n) is 3.19. The number of hydrogen-bond donors (Lipinski definition) is 1. The van der Waals surface area contributed by atoms with Gasteiger partial charge in [-0.3, -0.25) is 4.79 Å². The van der Waals surface area contributed by atoms with Crippen molar-refractivity contribution in [1.29, 1.82) is 0 Å². The van der Waals surface area contributed by atoms with Gasteiger partial charge in [0.05, 0.1) is 5.52 Å². The highest BCUT2D eigenvalue weighted by Gasteiger charge is 2.30. The third kappa shape index (κ3) is 2.04. The summed E-state index contributed by atoms with van der Waals surface area (Å²) in [6, 6.07) is 13.8. The maximum atomic E-state index is 12.9. The number of nitrogens with two attached hydrogens (primary N) is 1. The smallest absolute Gasteiger partial charge is 0.251 e. The molecule has 2 N–H and O–H groups in total. The number of nitrogens with zero attached hydrogens (tertiary/aromatic N) is 2. The Morgan fingerprint density at radius 1 is 1.18 bits per heavy atom. The van der Waals surface area contributed by atoms with Gasteiger partial charge in [-0.1, -0.05) is 34.1 Å². The van der Waals surface area contributed by atoms with E-state index in [1.54, 1.807) is 0 Å². The summed E-state index contributed by atoms with van der Waals surface area (Å²) in [5.74, 6) is 0.342. The average molecular weight is 356 g/mol. The van der Waals surface area contributed by atoms with Crippen LogP contribution in [0.15, 0.2) is 46.9 Å². The zero-order valence-electron chi connectivity index (χ0n) is 11.8. The van der Waals surface area contributed by atoms with Gasteiger partial charge in [-0.15, -0.1) is 5.10 Å². The van der Waals surface area contributed by atoms with Gasteiger partial charge < -0.3 is 5.73 Å². The van der Waals surface area contributed by atoms with Crippen LogP contribution in [-0.4, -0.2) is 15.7 Å². The Morgan fingerprint density at radius 2 is 1.95 bits per heavy atom. The lowest BCUT2D eigenvalue weighted by molar-refractivity contribution is 0.0829. The van der Waals surface area contributed by atoms with E-state index in [1.165, 1.54) is 15.8 Å². The molecule has 0 aliphatic heterocycles. The predicted molar refractivity (Wildman–Crippen MR) is 89.8 cm³/mol. The van der Waals surface area contributed by atoms with E-state index < -0.39 is 0 Å². The number of fused-ring (bicyclic) bond motifs is 2. The Bertz CT molecular complexity index is 900. The fourth-order valence-corrected chi connectivity index (χ4v) is 3.60. The van der Waals surface area contributed by atoms with Crippen molar-refractivity contribution in [2.45, 2.75) is 12.8 Å². The first-order chi connectivity index (χ1) is 10.6. The quantitative estimate of drug-likeness (QED) is 0.727. The number of hydrogen-bond acceptors (Lipinski definition) is 3. The largest absolute Gasteiger partial charge is 0.382 e. The van der Waals surface area contributed by atoms with Crippen LogP contribution >= 0.6 is 15.9 Å². The number of benzene rings is 2.